The second-order valence-corrected chi connectivity index (χ2v) is 10.5. The highest BCUT2D eigenvalue weighted by atomic mass is 32.2. The van der Waals surface area contributed by atoms with Crippen molar-refractivity contribution in [2.45, 2.75) is 62.6 Å². The largest absolute Gasteiger partial charge is 0.441 e. The van der Waals surface area contributed by atoms with Gasteiger partial charge in [0.05, 0.1) is 10.6 Å². The van der Waals surface area contributed by atoms with E-state index >= 15 is 0 Å². The van der Waals surface area contributed by atoms with Crippen LogP contribution in [0.2, 0.25) is 0 Å². The van der Waals surface area contributed by atoms with Crippen molar-refractivity contribution in [3.05, 3.63) is 71.1 Å². The van der Waals surface area contributed by atoms with Gasteiger partial charge < -0.3 is 9.73 Å². The molecule has 0 aliphatic heterocycles. The van der Waals surface area contributed by atoms with Crippen molar-refractivity contribution in [1.82, 2.24) is 10.3 Å². The van der Waals surface area contributed by atoms with Crippen molar-refractivity contribution in [2.75, 3.05) is 0 Å². The summed E-state index contributed by atoms with van der Waals surface area (Å²) in [6.07, 6.45) is 5.64. The first-order valence-corrected chi connectivity index (χ1v) is 12.6. The van der Waals surface area contributed by atoms with Gasteiger partial charge in [-0.15, -0.1) is 0 Å². The minimum Gasteiger partial charge on any atom is -0.441 e. The fourth-order valence-corrected chi connectivity index (χ4v) is 5.32. The first-order chi connectivity index (χ1) is 15.3. The third-order valence-electron chi connectivity index (χ3n) is 5.93. The predicted octanol–water partition coefficient (Wildman–Crippen LogP) is 4.99. The molecule has 0 bridgehead atoms. The Bertz CT molecular complexity index is 1190. The molecule has 0 atom stereocenters. The summed E-state index contributed by atoms with van der Waals surface area (Å²) in [4.78, 5) is 17.2. The number of hydrogen-bond acceptors (Lipinski definition) is 5. The zero-order chi connectivity index (χ0) is 22.7. The smallest absolute Gasteiger partial charge is 0.251 e. The van der Waals surface area contributed by atoms with Crippen LogP contribution in [-0.4, -0.2) is 25.4 Å². The van der Waals surface area contributed by atoms with Crippen molar-refractivity contribution in [2.24, 2.45) is 0 Å². The van der Waals surface area contributed by atoms with E-state index in [1.807, 2.05) is 6.92 Å². The predicted molar refractivity (Wildman–Crippen MR) is 123 cm³/mol. The van der Waals surface area contributed by atoms with Crippen molar-refractivity contribution in [1.29, 1.82) is 0 Å². The van der Waals surface area contributed by atoms with Gasteiger partial charge in [0.25, 0.3) is 5.91 Å². The lowest BCUT2D eigenvalue weighted by Gasteiger charge is -2.22. The minimum atomic E-state index is -3.53. The molecule has 0 spiro atoms. The van der Waals surface area contributed by atoms with Crippen LogP contribution in [0.25, 0.3) is 11.5 Å². The number of carbonyl (C=O) groups excluding carboxylic acids is 1. The SMILES string of the molecule is Cc1ccc(S(=O)(=O)Cc2nc(-c3ccc(C(=O)NC4CCCCC4)cc3)oc2C)cc1. The van der Waals surface area contributed by atoms with Crippen LogP contribution in [0.5, 0.6) is 0 Å². The zero-order valence-electron chi connectivity index (χ0n) is 18.4. The van der Waals surface area contributed by atoms with Crippen LogP contribution in [0.15, 0.2) is 57.8 Å². The van der Waals surface area contributed by atoms with Crippen LogP contribution in [0.3, 0.4) is 0 Å². The van der Waals surface area contributed by atoms with Crippen LogP contribution >= 0.6 is 0 Å². The Kier molecular flexibility index (Phi) is 6.46. The molecule has 168 valence electrons. The van der Waals surface area contributed by atoms with Gasteiger partial charge >= 0.3 is 0 Å². The quantitative estimate of drug-likeness (QED) is 0.569. The standard InChI is InChI=1S/C25H28N2O4S/c1-17-8-14-22(15-9-17)32(29,30)16-23-18(2)31-25(27-23)20-12-10-19(11-13-20)24(28)26-21-6-4-3-5-7-21/h8-15,21H,3-7,16H2,1-2H3,(H,26,28). The summed E-state index contributed by atoms with van der Waals surface area (Å²) in [5.41, 5.74) is 2.67. The highest BCUT2D eigenvalue weighted by Gasteiger charge is 2.21. The number of sulfone groups is 1. The van der Waals surface area contributed by atoms with Gasteiger partial charge in [-0.25, -0.2) is 13.4 Å². The molecule has 2 aromatic carbocycles. The van der Waals surface area contributed by atoms with E-state index in [-0.39, 0.29) is 22.6 Å². The fraction of sp³-hybridized carbons (Fsp3) is 0.360. The monoisotopic (exact) mass is 452 g/mol. The normalized spacial score (nSPS) is 14.9. The molecule has 1 aromatic heterocycles. The molecule has 0 unspecified atom stereocenters. The Morgan fingerprint density at radius 2 is 1.66 bits per heavy atom. The second-order valence-electron chi connectivity index (χ2n) is 8.48. The summed E-state index contributed by atoms with van der Waals surface area (Å²) in [7, 11) is -3.53. The molecule has 1 N–H and O–H groups in total. The van der Waals surface area contributed by atoms with E-state index in [4.69, 9.17) is 4.42 Å². The zero-order valence-corrected chi connectivity index (χ0v) is 19.2. The Morgan fingerprint density at radius 1 is 1.00 bits per heavy atom. The van der Waals surface area contributed by atoms with Gasteiger partial charge in [0.15, 0.2) is 9.84 Å². The van der Waals surface area contributed by atoms with Crippen LogP contribution < -0.4 is 5.32 Å². The van der Waals surface area contributed by atoms with E-state index in [9.17, 15) is 13.2 Å². The lowest BCUT2D eigenvalue weighted by molar-refractivity contribution is 0.0927. The number of carbonyl (C=O) groups is 1. The summed E-state index contributed by atoms with van der Waals surface area (Å²) in [5, 5.41) is 3.11. The highest BCUT2D eigenvalue weighted by molar-refractivity contribution is 7.90. The van der Waals surface area contributed by atoms with Gasteiger partial charge in [0, 0.05) is 17.2 Å². The van der Waals surface area contributed by atoms with Crippen LogP contribution in [-0.2, 0) is 15.6 Å². The number of nitrogens with one attached hydrogen (secondary N) is 1. The summed E-state index contributed by atoms with van der Waals surface area (Å²) in [5.74, 6) is 0.510. The molecule has 32 heavy (non-hydrogen) atoms. The van der Waals surface area contributed by atoms with E-state index in [1.165, 1.54) is 6.42 Å². The highest BCUT2D eigenvalue weighted by Crippen LogP contribution is 2.25. The lowest BCUT2D eigenvalue weighted by atomic mass is 9.95. The van der Waals surface area contributed by atoms with Crippen molar-refractivity contribution < 1.29 is 17.6 Å². The molecule has 0 radical (unpaired) electrons. The molecule has 1 amide bonds. The number of aryl methyl sites for hydroxylation is 2. The van der Waals surface area contributed by atoms with E-state index < -0.39 is 9.84 Å². The number of oxazole rings is 1. The van der Waals surface area contributed by atoms with E-state index in [0.717, 1.165) is 31.2 Å². The molecule has 4 rings (SSSR count). The second kappa shape index (κ2) is 9.28. The molecule has 1 aliphatic rings. The van der Waals surface area contributed by atoms with Crippen LogP contribution in [0.1, 0.15) is 59.5 Å². The maximum Gasteiger partial charge on any atom is 0.251 e. The van der Waals surface area contributed by atoms with Gasteiger partial charge in [0.1, 0.15) is 11.5 Å². The third-order valence-corrected chi connectivity index (χ3v) is 7.58. The Balaban J connectivity index is 1.47. The van der Waals surface area contributed by atoms with E-state index in [0.29, 0.717) is 28.5 Å². The number of nitrogens with zero attached hydrogens (tertiary/aromatic N) is 1. The molecule has 6 nitrogen and oxygen atoms in total. The van der Waals surface area contributed by atoms with Gasteiger partial charge in [-0.3, -0.25) is 4.79 Å². The fourth-order valence-electron chi connectivity index (χ4n) is 3.97. The van der Waals surface area contributed by atoms with Gasteiger partial charge in [0.2, 0.25) is 5.89 Å². The number of rotatable bonds is 6. The maximum absolute atomic E-state index is 12.8. The van der Waals surface area contributed by atoms with Crippen molar-refractivity contribution >= 4 is 15.7 Å². The molecule has 1 aliphatic carbocycles. The molecule has 1 saturated carbocycles. The molecular formula is C25H28N2O4S. The van der Waals surface area contributed by atoms with E-state index in [2.05, 4.69) is 10.3 Å². The number of aromatic nitrogens is 1. The average Bonchev–Trinajstić information content (AvgIpc) is 3.14. The summed E-state index contributed by atoms with van der Waals surface area (Å²) < 4.78 is 31.3. The van der Waals surface area contributed by atoms with Gasteiger partial charge in [-0.2, -0.15) is 0 Å². The molecule has 1 heterocycles. The Morgan fingerprint density at radius 3 is 2.31 bits per heavy atom. The van der Waals surface area contributed by atoms with Crippen LogP contribution in [0, 0.1) is 13.8 Å². The maximum atomic E-state index is 12.8. The number of benzene rings is 2. The number of hydrogen-bond donors (Lipinski definition) is 1. The first kappa shape index (κ1) is 22.3. The van der Waals surface area contributed by atoms with E-state index in [1.54, 1.807) is 55.5 Å². The van der Waals surface area contributed by atoms with Crippen LogP contribution in [0.4, 0.5) is 0 Å². The summed E-state index contributed by atoms with van der Waals surface area (Å²) in [6.45, 7) is 3.62. The molecule has 3 aromatic rings. The molecule has 1 fully saturated rings. The Hall–Kier alpha value is -2.93. The van der Waals surface area contributed by atoms with Crippen molar-refractivity contribution in [3.63, 3.8) is 0 Å². The third kappa shape index (κ3) is 5.10. The topological polar surface area (TPSA) is 89.3 Å². The number of amides is 1. The summed E-state index contributed by atoms with van der Waals surface area (Å²) >= 11 is 0. The average molecular weight is 453 g/mol. The first-order valence-electron chi connectivity index (χ1n) is 11.0. The summed E-state index contributed by atoms with van der Waals surface area (Å²) in [6, 6.07) is 14.1. The van der Waals surface area contributed by atoms with Gasteiger partial charge in [-0.05, 0) is 63.1 Å². The molecule has 7 heteroatoms. The lowest BCUT2D eigenvalue weighted by Crippen LogP contribution is -2.36. The Labute approximate surface area is 189 Å². The molecule has 0 saturated heterocycles. The molecular weight excluding hydrogens is 424 g/mol. The van der Waals surface area contributed by atoms with Gasteiger partial charge in [-0.1, -0.05) is 37.0 Å². The van der Waals surface area contributed by atoms with Crippen molar-refractivity contribution in [3.8, 4) is 11.5 Å². The minimum absolute atomic E-state index is 0.0723.